The number of benzene rings is 1. The molecule has 0 bridgehead atoms. The second-order valence-electron chi connectivity index (χ2n) is 3.00. The monoisotopic (exact) mass is 202 g/mol. The van der Waals surface area contributed by atoms with Crippen molar-refractivity contribution < 1.29 is 9.53 Å². The van der Waals surface area contributed by atoms with Gasteiger partial charge in [0, 0.05) is 11.6 Å². The second-order valence-corrected chi connectivity index (χ2v) is 3.00. The van der Waals surface area contributed by atoms with E-state index in [4.69, 9.17) is 0 Å². The summed E-state index contributed by atoms with van der Waals surface area (Å²) in [7, 11) is 1.33. The highest BCUT2D eigenvalue weighted by atomic mass is 16.5. The number of para-hydroxylation sites is 1. The summed E-state index contributed by atoms with van der Waals surface area (Å²) in [5.74, 6) is 0. The molecule has 0 atom stereocenters. The SMILES string of the molecule is COC(=O)Nc1cccc2cccnc12. The fourth-order valence-electron chi connectivity index (χ4n) is 1.37. The zero-order chi connectivity index (χ0) is 10.7. The molecule has 0 saturated carbocycles. The van der Waals surface area contributed by atoms with Gasteiger partial charge in [0.25, 0.3) is 0 Å². The number of aromatic nitrogens is 1. The fraction of sp³-hybridized carbons (Fsp3) is 0.0909. The van der Waals surface area contributed by atoms with E-state index in [1.807, 2.05) is 24.3 Å². The summed E-state index contributed by atoms with van der Waals surface area (Å²) in [6.45, 7) is 0. The number of hydrogen-bond donors (Lipinski definition) is 1. The van der Waals surface area contributed by atoms with Crippen molar-refractivity contribution in [3.8, 4) is 0 Å². The molecule has 0 aliphatic rings. The molecule has 0 fully saturated rings. The van der Waals surface area contributed by atoms with Crippen molar-refractivity contribution in [3.63, 3.8) is 0 Å². The number of rotatable bonds is 1. The van der Waals surface area contributed by atoms with E-state index in [1.165, 1.54) is 7.11 Å². The zero-order valence-corrected chi connectivity index (χ0v) is 8.23. The van der Waals surface area contributed by atoms with Crippen LogP contribution in [-0.4, -0.2) is 18.2 Å². The van der Waals surface area contributed by atoms with Crippen LogP contribution in [0.1, 0.15) is 0 Å². The highest BCUT2D eigenvalue weighted by Gasteiger charge is 2.04. The number of fused-ring (bicyclic) bond motifs is 1. The van der Waals surface area contributed by atoms with Crippen molar-refractivity contribution in [2.24, 2.45) is 0 Å². The van der Waals surface area contributed by atoms with Crippen molar-refractivity contribution in [2.45, 2.75) is 0 Å². The Hall–Kier alpha value is -2.10. The molecule has 1 aromatic heterocycles. The van der Waals surface area contributed by atoms with E-state index in [1.54, 1.807) is 12.3 Å². The van der Waals surface area contributed by atoms with E-state index in [2.05, 4.69) is 15.0 Å². The third kappa shape index (κ3) is 1.88. The third-order valence-electron chi connectivity index (χ3n) is 2.05. The first-order chi connectivity index (χ1) is 7.31. The molecule has 1 amide bonds. The summed E-state index contributed by atoms with van der Waals surface area (Å²) >= 11 is 0. The fourth-order valence-corrected chi connectivity index (χ4v) is 1.37. The topological polar surface area (TPSA) is 51.2 Å². The van der Waals surface area contributed by atoms with Crippen LogP contribution in [0.2, 0.25) is 0 Å². The molecule has 1 N–H and O–H groups in total. The molecule has 0 saturated heterocycles. The van der Waals surface area contributed by atoms with E-state index in [9.17, 15) is 4.79 Å². The number of hydrogen-bond acceptors (Lipinski definition) is 3. The second kappa shape index (κ2) is 3.96. The molecule has 4 nitrogen and oxygen atoms in total. The van der Waals surface area contributed by atoms with Crippen LogP contribution in [0, 0.1) is 0 Å². The maximum absolute atomic E-state index is 11.1. The van der Waals surface area contributed by atoms with Gasteiger partial charge < -0.3 is 4.74 Å². The molecule has 0 radical (unpaired) electrons. The van der Waals surface area contributed by atoms with Gasteiger partial charge in [-0.3, -0.25) is 10.3 Å². The average molecular weight is 202 g/mol. The maximum atomic E-state index is 11.1. The van der Waals surface area contributed by atoms with E-state index in [0.29, 0.717) is 5.69 Å². The first kappa shape index (κ1) is 9.45. The minimum atomic E-state index is -0.492. The van der Waals surface area contributed by atoms with Crippen LogP contribution in [0.4, 0.5) is 10.5 Å². The Morgan fingerprint density at radius 3 is 2.93 bits per heavy atom. The molecule has 1 heterocycles. The number of amides is 1. The predicted octanol–water partition coefficient (Wildman–Crippen LogP) is 2.41. The lowest BCUT2D eigenvalue weighted by atomic mass is 10.2. The summed E-state index contributed by atoms with van der Waals surface area (Å²) in [6, 6.07) is 9.36. The van der Waals surface area contributed by atoms with Crippen molar-refractivity contribution >= 4 is 22.7 Å². The molecule has 0 unspecified atom stereocenters. The Kier molecular flexibility index (Phi) is 2.49. The first-order valence-corrected chi connectivity index (χ1v) is 4.50. The van der Waals surface area contributed by atoms with Crippen molar-refractivity contribution in [2.75, 3.05) is 12.4 Å². The standard InChI is InChI=1S/C11H10N2O2/c1-15-11(14)13-9-6-2-4-8-5-3-7-12-10(8)9/h2-7H,1H3,(H,13,14). The van der Waals surface area contributed by atoms with Crippen LogP contribution in [0.15, 0.2) is 36.5 Å². The first-order valence-electron chi connectivity index (χ1n) is 4.50. The van der Waals surface area contributed by atoms with Crippen molar-refractivity contribution in [1.82, 2.24) is 4.98 Å². The summed E-state index contributed by atoms with van der Waals surface area (Å²) in [5, 5.41) is 3.59. The van der Waals surface area contributed by atoms with Gasteiger partial charge in [0.1, 0.15) is 0 Å². The molecule has 2 aromatic rings. The van der Waals surface area contributed by atoms with E-state index < -0.39 is 6.09 Å². The maximum Gasteiger partial charge on any atom is 0.411 e. The minimum absolute atomic E-state index is 0.492. The normalized spacial score (nSPS) is 9.93. The van der Waals surface area contributed by atoms with Crippen molar-refractivity contribution in [3.05, 3.63) is 36.5 Å². The lowest BCUT2D eigenvalue weighted by Crippen LogP contribution is -2.11. The van der Waals surface area contributed by atoms with E-state index in [-0.39, 0.29) is 0 Å². The number of methoxy groups -OCH3 is 1. The van der Waals surface area contributed by atoms with E-state index >= 15 is 0 Å². The van der Waals surface area contributed by atoms with Gasteiger partial charge in [0.2, 0.25) is 0 Å². The van der Waals surface area contributed by atoms with E-state index in [0.717, 1.165) is 10.9 Å². The molecule has 0 spiro atoms. The van der Waals surface area contributed by atoms with Gasteiger partial charge in [-0.1, -0.05) is 18.2 Å². The number of pyridine rings is 1. The minimum Gasteiger partial charge on any atom is -0.453 e. The molecule has 0 aliphatic carbocycles. The van der Waals surface area contributed by atoms with Gasteiger partial charge in [-0.2, -0.15) is 0 Å². The molecule has 4 heteroatoms. The molecule has 76 valence electrons. The molecule has 15 heavy (non-hydrogen) atoms. The zero-order valence-electron chi connectivity index (χ0n) is 8.23. The largest absolute Gasteiger partial charge is 0.453 e. The van der Waals surface area contributed by atoms with Gasteiger partial charge in [0.15, 0.2) is 0 Å². The molecule has 2 rings (SSSR count). The average Bonchev–Trinajstić information content (AvgIpc) is 2.29. The Morgan fingerprint density at radius 1 is 1.33 bits per heavy atom. The van der Waals surface area contributed by atoms with Crippen molar-refractivity contribution in [1.29, 1.82) is 0 Å². The van der Waals surface area contributed by atoms with Crippen LogP contribution in [0.25, 0.3) is 10.9 Å². The summed E-state index contributed by atoms with van der Waals surface area (Å²) in [4.78, 5) is 15.3. The molecular formula is C11H10N2O2. The molecule has 1 aromatic carbocycles. The number of nitrogens with zero attached hydrogens (tertiary/aromatic N) is 1. The number of nitrogens with one attached hydrogen (secondary N) is 1. The Labute approximate surface area is 86.9 Å². The Bertz CT molecular complexity index is 491. The Morgan fingerprint density at radius 2 is 2.13 bits per heavy atom. The van der Waals surface area contributed by atoms with Crippen LogP contribution in [0.5, 0.6) is 0 Å². The lowest BCUT2D eigenvalue weighted by Gasteiger charge is -2.05. The molecule has 0 aliphatic heterocycles. The highest BCUT2D eigenvalue weighted by Crippen LogP contribution is 2.20. The molecular weight excluding hydrogens is 192 g/mol. The quantitative estimate of drug-likeness (QED) is 0.772. The third-order valence-corrected chi connectivity index (χ3v) is 2.05. The smallest absolute Gasteiger partial charge is 0.411 e. The number of anilines is 1. The summed E-state index contributed by atoms with van der Waals surface area (Å²) < 4.78 is 4.53. The number of carbonyl (C=O) groups is 1. The predicted molar refractivity (Wildman–Crippen MR) is 57.8 cm³/mol. The number of ether oxygens (including phenoxy) is 1. The highest BCUT2D eigenvalue weighted by molar-refractivity contribution is 5.97. The van der Waals surface area contributed by atoms with Gasteiger partial charge in [-0.25, -0.2) is 4.79 Å². The van der Waals surface area contributed by atoms with Gasteiger partial charge in [-0.05, 0) is 12.1 Å². The van der Waals surface area contributed by atoms with Crippen LogP contribution < -0.4 is 5.32 Å². The lowest BCUT2D eigenvalue weighted by molar-refractivity contribution is 0.187. The Balaban J connectivity index is 2.46. The van der Waals surface area contributed by atoms with Gasteiger partial charge in [-0.15, -0.1) is 0 Å². The van der Waals surface area contributed by atoms with Gasteiger partial charge in [0.05, 0.1) is 18.3 Å². The van der Waals surface area contributed by atoms with Crippen LogP contribution in [-0.2, 0) is 4.74 Å². The van der Waals surface area contributed by atoms with Gasteiger partial charge >= 0.3 is 6.09 Å². The van der Waals surface area contributed by atoms with Crippen LogP contribution in [0.3, 0.4) is 0 Å². The van der Waals surface area contributed by atoms with Crippen LogP contribution >= 0.6 is 0 Å². The summed E-state index contributed by atoms with van der Waals surface area (Å²) in [6.07, 6.45) is 1.19. The summed E-state index contributed by atoms with van der Waals surface area (Å²) in [5.41, 5.74) is 1.41. The number of carbonyl (C=O) groups excluding carboxylic acids is 1.